The van der Waals surface area contributed by atoms with Crippen molar-refractivity contribution in [2.45, 2.75) is 27.7 Å². The lowest BCUT2D eigenvalue weighted by Gasteiger charge is -2.19. The van der Waals surface area contributed by atoms with Gasteiger partial charge in [0.2, 0.25) is 0 Å². The number of nitrogens with zero attached hydrogens (tertiary/aromatic N) is 1. The molecule has 0 aliphatic rings. The quantitative estimate of drug-likeness (QED) is 0.688. The van der Waals surface area contributed by atoms with E-state index < -0.39 is 0 Å². The maximum Gasteiger partial charge on any atom is 0.319 e. The first kappa shape index (κ1) is 20.1. The predicted molar refractivity (Wildman–Crippen MR) is 98.1 cm³/mol. The Balaban J connectivity index is 2.65. The Hall–Kier alpha value is -1.95. The van der Waals surface area contributed by atoms with Gasteiger partial charge in [0, 0.05) is 24.8 Å². The average Bonchev–Trinajstić information content (AvgIpc) is 2.57. The van der Waals surface area contributed by atoms with Crippen LogP contribution in [0.15, 0.2) is 18.2 Å². The van der Waals surface area contributed by atoms with Crippen LogP contribution in [0.1, 0.15) is 27.7 Å². The predicted octanol–water partition coefficient (Wildman–Crippen LogP) is 3.19. The molecular formula is C18H31N3O3. The minimum absolute atomic E-state index is 0.219. The largest absolute Gasteiger partial charge is 0.493 e. The van der Waals surface area contributed by atoms with E-state index in [2.05, 4.69) is 43.2 Å². The molecule has 0 saturated carbocycles. The summed E-state index contributed by atoms with van der Waals surface area (Å²) in [6.45, 7) is 12.4. The fraction of sp³-hybridized carbons (Fsp3) is 0.611. The molecule has 0 saturated heterocycles. The highest BCUT2D eigenvalue weighted by Crippen LogP contribution is 2.30. The molecule has 6 nitrogen and oxygen atoms in total. The van der Waals surface area contributed by atoms with Gasteiger partial charge in [-0.2, -0.15) is 0 Å². The van der Waals surface area contributed by atoms with Gasteiger partial charge >= 0.3 is 6.03 Å². The van der Waals surface area contributed by atoms with Gasteiger partial charge in [-0.05, 0) is 31.1 Å². The molecule has 0 unspecified atom stereocenters. The second-order valence-corrected chi connectivity index (χ2v) is 5.97. The normalized spacial score (nSPS) is 10.8. The summed E-state index contributed by atoms with van der Waals surface area (Å²) in [5.41, 5.74) is 0.676. The molecule has 1 aromatic carbocycles. The van der Waals surface area contributed by atoms with E-state index in [4.69, 9.17) is 9.47 Å². The third-order valence-corrected chi connectivity index (χ3v) is 3.65. The molecule has 136 valence electrons. The monoisotopic (exact) mass is 337 g/mol. The van der Waals surface area contributed by atoms with E-state index in [1.165, 1.54) is 0 Å². The van der Waals surface area contributed by atoms with Crippen LogP contribution >= 0.6 is 0 Å². The van der Waals surface area contributed by atoms with E-state index >= 15 is 0 Å². The van der Waals surface area contributed by atoms with Gasteiger partial charge in [-0.15, -0.1) is 0 Å². The van der Waals surface area contributed by atoms with Gasteiger partial charge in [0.25, 0.3) is 0 Å². The van der Waals surface area contributed by atoms with Crippen LogP contribution in [0, 0.1) is 5.92 Å². The van der Waals surface area contributed by atoms with Crippen molar-refractivity contribution in [1.82, 2.24) is 10.2 Å². The number of urea groups is 1. The zero-order chi connectivity index (χ0) is 17.9. The molecule has 0 aliphatic carbocycles. The van der Waals surface area contributed by atoms with E-state index in [0.29, 0.717) is 36.3 Å². The molecule has 0 spiro atoms. The van der Waals surface area contributed by atoms with Gasteiger partial charge in [0.15, 0.2) is 11.5 Å². The Labute approximate surface area is 145 Å². The molecule has 1 rings (SSSR count). The highest BCUT2D eigenvalue weighted by atomic mass is 16.5. The number of ether oxygens (including phenoxy) is 2. The Kier molecular flexibility index (Phi) is 9.01. The molecule has 24 heavy (non-hydrogen) atoms. The zero-order valence-corrected chi connectivity index (χ0v) is 15.5. The topological polar surface area (TPSA) is 62.8 Å². The van der Waals surface area contributed by atoms with Crippen LogP contribution in [0.2, 0.25) is 0 Å². The molecule has 0 radical (unpaired) electrons. The second-order valence-electron chi connectivity index (χ2n) is 5.97. The van der Waals surface area contributed by atoms with Crippen molar-refractivity contribution in [1.29, 1.82) is 0 Å². The molecule has 2 N–H and O–H groups in total. The SMILES string of the molecule is CCN(CC)CCOc1cc(NC(=O)NCC(C)C)ccc1OC. The molecule has 6 heteroatoms. The number of hydrogen-bond acceptors (Lipinski definition) is 4. The van der Waals surface area contributed by atoms with E-state index in [1.807, 2.05) is 0 Å². The van der Waals surface area contributed by atoms with Crippen molar-refractivity contribution >= 4 is 11.7 Å². The highest BCUT2D eigenvalue weighted by molar-refractivity contribution is 5.89. The number of likely N-dealkylation sites (N-methyl/N-ethyl adjacent to an activating group) is 1. The molecule has 2 amide bonds. The molecule has 0 bridgehead atoms. The molecule has 0 aromatic heterocycles. The van der Waals surface area contributed by atoms with Crippen LogP contribution in [0.4, 0.5) is 10.5 Å². The number of carbonyl (C=O) groups is 1. The summed E-state index contributed by atoms with van der Waals surface area (Å²) in [6, 6.07) is 5.16. The van der Waals surface area contributed by atoms with Gasteiger partial charge < -0.3 is 25.0 Å². The number of rotatable bonds is 10. The Morgan fingerprint density at radius 3 is 2.50 bits per heavy atom. The summed E-state index contributed by atoms with van der Waals surface area (Å²) < 4.78 is 11.2. The van der Waals surface area contributed by atoms with Gasteiger partial charge in [-0.3, -0.25) is 0 Å². The molecule has 0 aliphatic heterocycles. The lowest BCUT2D eigenvalue weighted by molar-refractivity contribution is 0.217. The first-order chi connectivity index (χ1) is 11.5. The average molecular weight is 337 g/mol. The lowest BCUT2D eigenvalue weighted by atomic mass is 10.2. The minimum Gasteiger partial charge on any atom is -0.493 e. The van der Waals surface area contributed by atoms with Crippen LogP contribution in [0.3, 0.4) is 0 Å². The van der Waals surface area contributed by atoms with Crippen molar-refractivity contribution in [2.24, 2.45) is 5.92 Å². The number of anilines is 1. The molecular weight excluding hydrogens is 306 g/mol. The third kappa shape index (κ3) is 7.08. The van der Waals surface area contributed by atoms with Gasteiger partial charge in [-0.25, -0.2) is 4.79 Å². The maximum absolute atomic E-state index is 11.9. The number of carbonyl (C=O) groups excluding carboxylic acids is 1. The van der Waals surface area contributed by atoms with E-state index in [9.17, 15) is 4.79 Å². The van der Waals surface area contributed by atoms with Crippen molar-refractivity contribution in [2.75, 3.05) is 45.2 Å². The van der Waals surface area contributed by atoms with Crippen LogP contribution in [-0.2, 0) is 0 Å². The molecule has 0 atom stereocenters. The van der Waals surface area contributed by atoms with Crippen LogP contribution in [0.5, 0.6) is 11.5 Å². The maximum atomic E-state index is 11.9. The Morgan fingerprint density at radius 1 is 1.21 bits per heavy atom. The summed E-state index contributed by atoms with van der Waals surface area (Å²) in [5.74, 6) is 1.69. The van der Waals surface area contributed by atoms with E-state index in [0.717, 1.165) is 19.6 Å². The van der Waals surface area contributed by atoms with Crippen LogP contribution < -0.4 is 20.1 Å². The van der Waals surface area contributed by atoms with Crippen molar-refractivity contribution in [3.8, 4) is 11.5 Å². The number of hydrogen-bond donors (Lipinski definition) is 2. The fourth-order valence-corrected chi connectivity index (χ4v) is 2.16. The zero-order valence-electron chi connectivity index (χ0n) is 15.5. The van der Waals surface area contributed by atoms with Crippen LogP contribution in [0.25, 0.3) is 0 Å². The second kappa shape index (κ2) is 10.8. The van der Waals surface area contributed by atoms with Crippen molar-refractivity contribution in [3.63, 3.8) is 0 Å². The molecule has 0 fully saturated rings. The Bertz CT molecular complexity index is 502. The van der Waals surface area contributed by atoms with E-state index in [-0.39, 0.29) is 6.03 Å². The standard InChI is InChI=1S/C18H31N3O3/c1-6-21(7-2)10-11-24-17-12-15(8-9-16(17)23-5)20-18(22)19-13-14(3)4/h8-9,12,14H,6-7,10-11,13H2,1-5H3,(H2,19,20,22). The summed E-state index contributed by atoms with van der Waals surface area (Å²) in [5, 5.41) is 5.64. The minimum atomic E-state index is -0.219. The van der Waals surface area contributed by atoms with E-state index in [1.54, 1.807) is 25.3 Å². The van der Waals surface area contributed by atoms with Gasteiger partial charge in [-0.1, -0.05) is 27.7 Å². The number of methoxy groups -OCH3 is 1. The highest BCUT2D eigenvalue weighted by Gasteiger charge is 2.09. The first-order valence-electron chi connectivity index (χ1n) is 8.58. The fourth-order valence-electron chi connectivity index (χ4n) is 2.16. The number of amides is 2. The number of nitrogens with one attached hydrogen (secondary N) is 2. The summed E-state index contributed by atoms with van der Waals surface area (Å²) in [7, 11) is 1.61. The van der Waals surface area contributed by atoms with Crippen LogP contribution in [-0.4, -0.2) is 50.8 Å². The molecule has 0 heterocycles. The lowest BCUT2D eigenvalue weighted by Crippen LogP contribution is -2.31. The summed E-state index contributed by atoms with van der Waals surface area (Å²) >= 11 is 0. The third-order valence-electron chi connectivity index (χ3n) is 3.65. The first-order valence-corrected chi connectivity index (χ1v) is 8.58. The van der Waals surface area contributed by atoms with Gasteiger partial charge in [0.05, 0.1) is 7.11 Å². The van der Waals surface area contributed by atoms with Crippen molar-refractivity contribution < 1.29 is 14.3 Å². The summed E-state index contributed by atoms with van der Waals surface area (Å²) in [6.07, 6.45) is 0. The molecule has 1 aromatic rings. The Morgan fingerprint density at radius 2 is 1.92 bits per heavy atom. The number of benzene rings is 1. The van der Waals surface area contributed by atoms with Gasteiger partial charge in [0.1, 0.15) is 6.61 Å². The van der Waals surface area contributed by atoms with Crippen molar-refractivity contribution in [3.05, 3.63) is 18.2 Å². The smallest absolute Gasteiger partial charge is 0.319 e. The summed E-state index contributed by atoms with van der Waals surface area (Å²) in [4.78, 5) is 14.1.